The molecule has 0 aliphatic heterocycles. The molecule has 0 N–H and O–H groups in total. The minimum atomic E-state index is -4.53. The maximum absolute atomic E-state index is 15.1. The first kappa shape index (κ1) is 49.1. The normalized spacial score (nSPS) is 13.1. The van der Waals surface area contributed by atoms with Gasteiger partial charge in [-0.3, -0.25) is 4.79 Å². The maximum atomic E-state index is 15.1. The van der Waals surface area contributed by atoms with Crippen LogP contribution in [-0.2, 0) is 17.6 Å². The number of hydrogen-bond acceptors (Lipinski definition) is 7. The maximum Gasteiger partial charge on any atom is 0.446 e. The van der Waals surface area contributed by atoms with Gasteiger partial charge in [0.2, 0.25) is 0 Å². The number of carbonyl (C=O) groups excluding carboxylic acids is 1. The van der Waals surface area contributed by atoms with Gasteiger partial charge in [-0.15, -0.1) is 22.7 Å². The molecule has 0 aliphatic rings. The number of benzene rings is 4. The van der Waals surface area contributed by atoms with Crippen LogP contribution in [0.4, 0.5) is 52.7 Å². The largest absolute Gasteiger partial charge is 0.446 e. The first-order valence-electron chi connectivity index (χ1n) is 18.2. The molecule has 2 unspecified atom stereocenters. The van der Waals surface area contributed by atoms with E-state index in [9.17, 15) is 52.7 Å². The van der Waals surface area contributed by atoms with Gasteiger partial charge in [0.1, 0.15) is 5.78 Å². The van der Waals surface area contributed by atoms with Gasteiger partial charge in [0.25, 0.3) is 0 Å². The van der Waals surface area contributed by atoms with E-state index in [0.717, 1.165) is 0 Å². The molecule has 1 nitrogen and oxygen atoms in total. The van der Waals surface area contributed by atoms with Gasteiger partial charge in [0.15, 0.2) is 0 Å². The number of hydrogen-bond donors (Lipinski definition) is 0. The van der Waals surface area contributed by atoms with Crippen LogP contribution in [0.25, 0.3) is 0 Å². The van der Waals surface area contributed by atoms with Crippen molar-refractivity contribution in [3.05, 3.63) is 163 Å². The van der Waals surface area contributed by atoms with E-state index >= 15 is 4.79 Å². The molecule has 6 aromatic rings. The van der Waals surface area contributed by atoms with Crippen molar-refractivity contribution in [3.63, 3.8) is 0 Å². The third-order valence-corrected chi connectivity index (χ3v) is 13.8. The lowest BCUT2D eigenvalue weighted by molar-refractivity contribution is -0.121. The van der Waals surface area contributed by atoms with Crippen LogP contribution < -0.4 is 0 Å². The van der Waals surface area contributed by atoms with Crippen LogP contribution in [0.5, 0.6) is 0 Å². The summed E-state index contributed by atoms with van der Waals surface area (Å²) in [4.78, 5) is 17.0. The van der Waals surface area contributed by atoms with Crippen LogP contribution in [0.3, 0.4) is 0 Å². The predicted octanol–water partition coefficient (Wildman–Crippen LogP) is 16.0. The van der Waals surface area contributed by atoms with Gasteiger partial charge in [-0.2, -0.15) is 52.7 Å². The van der Waals surface area contributed by atoms with Crippen molar-refractivity contribution in [1.29, 1.82) is 0 Å². The summed E-state index contributed by atoms with van der Waals surface area (Å²) >= 11 is 1.25. The molecule has 19 heteroatoms. The fourth-order valence-electron chi connectivity index (χ4n) is 6.01. The highest BCUT2D eigenvalue weighted by atomic mass is 32.2. The van der Waals surface area contributed by atoms with E-state index in [2.05, 4.69) is 23.7 Å². The number of thiophene rings is 2. The number of ketones is 1. The molecular formula is C45H26F12OS6. The summed E-state index contributed by atoms with van der Waals surface area (Å²) in [5.74, 6) is 9.63. The lowest BCUT2D eigenvalue weighted by Gasteiger charge is -2.22. The fraction of sp³-hybridized carbons (Fsp3) is 0.178. The Balaban J connectivity index is 1.34. The quantitative estimate of drug-likeness (QED) is 0.0688. The third-order valence-electron chi connectivity index (χ3n) is 8.66. The highest BCUT2D eigenvalue weighted by Crippen LogP contribution is 2.42. The molecule has 0 fully saturated rings. The van der Waals surface area contributed by atoms with Gasteiger partial charge in [0, 0.05) is 40.5 Å². The molecule has 0 bridgehead atoms. The van der Waals surface area contributed by atoms with Crippen molar-refractivity contribution in [1.82, 2.24) is 0 Å². The van der Waals surface area contributed by atoms with Crippen LogP contribution in [0.15, 0.2) is 141 Å². The van der Waals surface area contributed by atoms with Crippen molar-refractivity contribution in [3.8, 4) is 23.7 Å². The minimum Gasteiger partial charge on any atom is -0.298 e. The lowest BCUT2D eigenvalue weighted by Crippen LogP contribution is -2.23. The zero-order valence-electron chi connectivity index (χ0n) is 32.0. The van der Waals surface area contributed by atoms with Crippen LogP contribution in [0.1, 0.15) is 53.6 Å². The zero-order valence-corrected chi connectivity index (χ0v) is 36.9. The van der Waals surface area contributed by atoms with E-state index in [4.69, 9.17) is 0 Å². The van der Waals surface area contributed by atoms with E-state index in [1.54, 1.807) is 24.3 Å². The summed E-state index contributed by atoms with van der Waals surface area (Å²) in [5.41, 5.74) is -16.0. The number of alkyl halides is 12. The number of halogens is 12. The van der Waals surface area contributed by atoms with Crippen molar-refractivity contribution in [2.45, 2.75) is 66.3 Å². The number of Topliss-reactive ketones (excluding diaryl/α,β-unsaturated/α-hetero) is 1. The summed E-state index contributed by atoms with van der Waals surface area (Å²) in [6, 6.07) is 28.8. The molecule has 2 atom stereocenters. The van der Waals surface area contributed by atoms with E-state index in [0.29, 0.717) is 41.8 Å². The summed E-state index contributed by atoms with van der Waals surface area (Å²) < 4.78 is 156. The summed E-state index contributed by atoms with van der Waals surface area (Å²) in [7, 11) is 0. The number of rotatable bonds is 12. The molecule has 0 radical (unpaired) electrons. The first-order chi connectivity index (χ1) is 30.0. The van der Waals surface area contributed by atoms with Gasteiger partial charge in [-0.05, 0) is 168 Å². The van der Waals surface area contributed by atoms with Crippen molar-refractivity contribution in [2.75, 3.05) is 0 Å². The van der Waals surface area contributed by atoms with Gasteiger partial charge in [-0.1, -0.05) is 47.9 Å². The Kier molecular flexibility index (Phi) is 16.0. The molecule has 2 heterocycles. The second-order valence-electron chi connectivity index (χ2n) is 13.3. The predicted molar refractivity (Wildman–Crippen MR) is 232 cm³/mol. The molecule has 64 heavy (non-hydrogen) atoms. The highest BCUT2D eigenvalue weighted by Gasteiger charge is 2.34. The Morgan fingerprint density at radius 1 is 0.406 bits per heavy atom. The van der Waals surface area contributed by atoms with Crippen LogP contribution in [0, 0.1) is 23.7 Å². The third kappa shape index (κ3) is 16.0. The van der Waals surface area contributed by atoms with Crippen molar-refractivity contribution >= 4 is 75.5 Å². The average Bonchev–Trinajstić information content (AvgIpc) is 3.87. The Morgan fingerprint density at radius 3 is 0.969 bits per heavy atom. The molecule has 0 amide bonds. The van der Waals surface area contributed by atoms with E-state index in [-0.39, 0.29) is 85.3 Å². The van der Waals surface area contributed by atoms with Crippen LogP contribution in [0.2, 0.25) is 0 Å². The molecular weight excluding hydrogens is 977 g/mol. The molecule has 332 valence electrons. The standard InChI is InChI=1S/C45H26F12OS6/c46-42(47,48)61-33-13-3-27(4-14-33)1-11-31-21-23-39(59-31)37(25-29-7-17-35(18-8-29)63-44(52,53)54)41(58)38(26-30-9-19-36(20-10-30)64-45(55,56)57)40-24-22-32(60-40)12-2-28-5-15-34(16-6-28)62-43(49,50)51/h3-10,13-24,37-38H,25-26H2. The average molecular weight is 1000 g/mol. The summed E-state index contributed by atoms with van der Waals surface area (Å²) in [6.07, 6.45) is 0.0830. The van der Waals surface area contributed by atoms with Crippen LogP contribution >= 0.6 is 69.7 Å². The second kappa shape index (κ2) is 20.9. The Hall–Kier alpha value is -4.37. The molecule has 6 rings (SSSR count). The smallest absolute Gasteiger partial charge is 0.298 e. The molecule has 4 aromatic carbocycles. The Bertz CT molecular complexity index is 2450. The highest BCUT2D eigenvalue weighted by molar-refractivity contribution is 8.00. The molecule has 0 saturated heterocycles. The SMILES string of the molecule is O=C(C(Cc1ccc(SC(F)(F)F)cc1)c1ccc(C#Cc2ccc(SC(F)(F)F)cc2)s1)C(Cc1ccc(SC(F)(F)F)cc1)c1ccc(C#Cc2ccc(SC(F)(F)F)cc2)s1. The van der Waals surface area contributed by atoms with Crippen molar-refractivity contribution in [2.24, 2.45) is 0 Å². The topological polar surface area (TPSA) is 17.1 Å². The van der Waals surface area contributed by atoms with Gasteiger partial charge in [-0.25, -0.2) is 0 Å². The first-order valence-corrected chi connectivity index (χ1v) is 23.1. The monoisotopic (exact) mass is 1000 g/mol. The Morgan fingerprint density at radius 2 is 0.688 bits per heavy atom. The van der Waals surface area contributed by atoms with Gasteiger partial charge >= 0.3 is 22.0 Å². The summed E-state index contributed by atoms with van der Waals surface area (Å²) in [6.45, 7) is 0. The molecule has 0 spiro atoms. The second-order valence-corrected chi connectivity index (χ2v) is 20.1. The van der Waals surface area contributed by atoms with Gasteiger partial charge in [0.05, 0.1) is 21.6 Å². The van der Waals surface area contributed by atoms with E-state index in [1.807, 2.05) is 0 Å². The van der Waals surface area contributed by atoms with Crippen LogP contribution in [-0.4, -0.2) is 27.8 Å². The Labute approximate surface area is 383 Å². The lowest BCUT2D eigenvalue weighted by atomic mass is 9.83. The zero-order chi connectivity index (χ0) is 46.3. The molecule has 2 aromatic heterocycles. The molecule has 0 aliphatic carbocycles. The minimum absolute atomic E-state index is 0.0182. The number of thioether (sulfide) groups is 4. The van der Waals surface area contributed by atoms with E-state index < -0.39 is 33.9 Å². The molecule has 0 saturated carbocycles. The van der Waals surface area contributed by atoms with E-state index in [1.165, 1.54) is 120 Å². The van der Waals surface area contributed by atoms with Gasteiger partial charge < -0.3 is 0 Å². The number of carbonyl (C=O) groups is 1. The van der Waals surface area contributed by atoms with Crippen molar-refractivity contribution < 1.29 is 57.5 Å². The fourth-order valence-corrected chi connectivity index (χ4v) is 10.1. The summed E-state index contributed by atoms with van der Waals surface area (Å²) in [5, 5.41) is 0.